The second-order valence-corrected chi connectivity index (χ2v) is 16.2. The third-order valence-electron chi connectivity index (χ3n) is 12.0. The minimum atomic E-state index is -4.50. The lowest BCUT2D eigenvalue weighted by molar-refractivity contribution is -0.221. The predicted octanol–water partition coefficient (Wildman–Crippen LogP) is 5.55. The zero-order chi connectivity index (χ0) is 31.9. The van der Waals surface area contributed by atoms with E-state index < -0.39 is 34.6 Å². The molecule has 0 amide bonds. The second kappa shape index (κ2) is 12.9. The maximum absolute atomic E-state index is 13.8. The molecule has 9 nitrogen and oxygen atoms in total. The summed E-state index contributed by atoms with van der Waals surface area (Å²) in [5, 5.41) is 0. The Morgan fingerprint density at radius 1 is 1.00 bits per heavy atom. The first-order chi connectivity index (χ1) is 20.0. The summed E-state index contributed by atoms with van der Waals surface area (Å²) in [6.45, 7) is 11.2. The Balaban J connectivity index is 1.54. The van der Waals surface area contributed by atoms with Gasteiger partial charge in [-0.1, -0.05) is 34.1 Å². The molecule has 4 saturated carbocycles. The summed E-state index contributed by atoms with van der Waals surface area (Å²) in [6.07, 6.45) is 4.87. The molecule has 246 valence electrons. The fourth-order valence-electron chi connectivity index (χ4n) is 10.1. The summed E-state index contributed by atoms with van der Waals surface area (Å²) in [7, 11) is -4.50. The van der Waals surface area contributed by atoms with Crippen molar-refractivity contribution in [3.63, 3.8) is 0 Å². The van der Waals surface area contributed by atoms with Crippen molar-refractivity contribution in [2.24, 2.45) is 52.3 Å². The van der Waals surface area contributed by atoms with Crippen LogP contribution in [-0.4, -0.2) is 61.6 Å². The quantitative estimate of drug-likeness (QED) is 0.187. The summed E-state index contributed by atoms with van der Waals surface area (Å²) in [6, 6.07) is 0. The molecule has 0 heterocycles. The van der Waals surface area contributed by atoms with Gasteiger partial charge >= 0.3 is 17.9 Å². The van der Waals surface area contributed by atoms with Crippen LogP contribution in [0.2, 0.25) is 0 Å². The van der Waals surface area contributed by atoms with Crippen LogP contribution in [0.5, 0.6) is 0 Å². The van der Waals surface area contributed by atoms with Gasteiger partial charge in [0, 0.05) is 31.6 Å². The van der Waals surface area contributed by atoms with Gasteiger partial charge in [0.25, 0.3) is 10.1 Å². The van der Waals surface area contributed by atoms with Crippen LogP contribution in [-0.2, 0) is 38.7 Å². The van der Waals surface area contributed by atoms with Crippen molar-refractivity contribution in [1.82, 2.24) is 0 Å². The Bertz CT molecular complexity index is 1160. The molecular weight excluding hydrogens is 579 g/mol. The van der Waals surface area contributed by atoms with E-state index in [2.05, 4.69) is 27.7 Å². The normalized spacial score (nSPS) is 40.3. The molecule has 1 N–H and O–H groups in total. The molecule has 4 aliphatic carbocycles. The number of fused-ring (bicyclic) bond motifs is 5. The molecule has 4 aliphatic rings. The van der Waals surface area contributed by atoms with Gasteiger partial charge in [-0.2, -0.15) is 8.42 Å². The van der Waals surface area contributed by atoms with Gasteiger partial charge < -0.3 is 14.2 Å². The maximum atomic E-state index is 13.8. The van der Waals surface area contributed by atoms with E-state index in [1.807, 2.05) is 0 Å². The number of esters is 3. The molecule has 12 atom stereocenters. The van der Waals surface area contributed by atoms with E-state index in [9.17, 15) is 27.2 Å². The van der Waals surface area contributed by atoms with Crippen LogP contribution < -0.4 is 0 Å². The van der Waals surface area contributed by atoms with Gasteiger partial charge in [-0.3, -0.25) is 18.9 Å². The summed E-state index contributed by atoms with van der Waals surface area (Å²) in [5.74, 6) is -0.402. The molecule has 0 aromatic heterocycles. The maximum Gasteiger partial charge on any atom is 0.305 e. The topological polar surface area (TPSA) is 133 Å². The Kier molecular flexibility index (Phi) is 10.3. The fourth-order valence-corrected chi connectivity index (χ4v) is 10.7. The van der Waals surface area contributed by atoms with E-state index in [-0.39, 0.29) is 71.0 Å². The van der Waals surface area contributed by atoms with Gasteiger partial charge in [0.2, 0.25) is 0 Å². The third-order valence-corrected chi connectivity index (χ3v) is 12.8. The number of hydrogen-bond acceptors (Lipinski definition) is 8. The first-order valence-corrected chi connectivity index (χ1v) is 17.7. The fraction of sp³-hybridized carbons (Fsp3) is 0.906. The van der Waals surface area contributed by atoms with Crippen molar-refractivity contribution in [1.29, 1.82) is 0 Å². The lowest BCUT2D eigenvalue weighted by Crippen LogP contribution is -2.63. The predicted molar refractivity (Wildman–Crippen MR) is 157 cm³/mol. The van der Waals surface area contributed by atoms with Gasteiger partial charge in [0.1, 0.15) is 24.6 Å². The van der Waals surface area contributed by atoms with Crippen LogP contribution in [0.1, 0.15) is 99.3 Å². The van der Waals surface area contributed by atoms with E-state index in [0.717, 1.165) is 38.5 Å². The molecule has 0 aromatic carbocycles. The Labute approximate surface area is 256 Å². The summed E-state index contributed by atoms with van der Waals surface area (Å²) >= 11 is 0. The van der Waals surface area contributed by atoms with E-state index in [1.165, 1.54) is 20.3 Å². The van der Waals surface area contributed by atoms with E-state index in [1.54, 1.807) is 0 Å². The number of alkyl halides is 1. The van der Waals surface area contributed by atoms with E-state index in [0.29, 0.717) is 18.3 Å². The minimum absolute atomic E-state index is 0.0370. The molecule has 0 radical (unpaired) electrons. The summed E-state index contributed by atoms with van der Waals surface area (Å²) < 4.78 is 61.6. The van der Waals surface area contributed by atoms with E-state index in [4.69, 9.17) is 18.8 Å². The first kappa shape index (κ1) is 34.1. The van der Waals surface area contributed by atoms with Crippen molar-refractivity contribution >= 4 is 28.0 Å². The van der Waals surface area contributed by atoms with Crippen LogP contribution in [0.4, 0.5) is 4.39 Å². The average molecular weight is 631 g/mol. The Morgan fingerprint density at radius 3 is 2.30 bits per heavy atom. The molecule has 0 aliphatic heterocycles. The van der Waals surface area contributed by atoms with Crippen LogP contribution in [0.3, 0.4) is 0 Å². The van der Waals surface area contributed by atoms with Gasteiger partial charge in [0.15, 0.2) is 6.17 Å². The zero-order valence-electron chi connectivity index (χ0n) is 26.6. The number of ether oxygens (including phenoxy) is 3. The largest absolute Gasteiger partial charge is 0.463 e. The standard InChI is InChI=1S/C32H51FO9S/c1-18-11-12-31(5)22(13-18)14-27(41-20(3)34)30-25-9-8-24(32(25,6)28(15-26(30)31)42-21(4)35)19(2)7-10-29(36)40-16-23(33)17-43(37,38)39/h18-19,22-28,30H,7-17H2,1-6H3,(H,37,38,39). The molecule has 0 saturated heterocycles. The highest BCUT2D eigenvalue weighted by molar-refractivity contribution is 7.85. The van der Waals surface area contributed by atoms with E-state index >= 15 is 0 Å². The Morgan fingerprint density at radius 2 is 1.67 bits per heavy atom. The number of halogens is 1. The van der Waals surface area contributed by atoms with Crippen LogP contribution in [0, 0.1) is 52.3 Å². The van der Waals surface area contributed by atoms with Crippen molar-refractivity contribution in [3.05, 3.63) is 0 Å². The van der Waals surface area contributed by atoms with Crippen molar-refractivity contribution in [3.8, 4) is 0 Å². The Hall–Kier alpha value is -1.75. The van der Waals surface area contributed by atoms with Gasteiger partial charge in [-0.15, -0.1) is 0 Å². The number of hydrogen-bond donors (Lipinski definition) is 1. The van der Waals surface area contributed by atoms with Crippen LogP contribution in [0.15, 0.2) is 0 Å². The minimum Gasteiger partial charge on any atom is -0.463 e. The first-order valence-electron chi connectivity index (χ1n) is 16.0. The smallest absolute Gasteiger partial charge is 0.305 e. The number of rotatable bonds is 10. The SMILES string of the molecule is CC(=O)OC1CC2CC(C)CCC2(C)C2CC(OC(C)=O)C3(C)C(C(C)CCC(=O)OCC(F)CS(=O)(=O)O)CCC3C12. The highest BCUT2D eigenvalue weighted by Crippen LogP contribution is 2.69. The van der Waals surface area contributed by atoms with Crippen LogP contribution >= 0.6 is 0 Å². The monoisotopic (exact) mass is 630 g/mol. The number of carbonyl (C=O) groups excluding carboxylic acids is 3. The van der Waals surface area contributed by atoms with Crippen molar-refractivity contribution in [2.45, 2.75) is 118 Å². The highest BCUT2D eigenvalue weighted by atomic mass is 32.2. The molecule has 4 fully saturated rings. The lowest BCUT2D eigenvalue weighted by Gasteiger charge is -2.64. The summed E-state index contributed by atoms with van der Waals surface area (Å²) in [4.78, 5) is 37.3. The van der Waals surface area contributed by atoms with Gasteiger partial charge in [-0.05, 0) is 85.9 Å². The van der Waals surface area contributed by atoms with Gasteiger partial charge in [0.05, 0.1) is 0 Å². The highest BCUT2D eigenvalue weighted by Gasteiger charge is 2.67. The average Bonchev–Trinajstić information content (AvgIpc) is 3.24. The van der Waals surface area contributed by atoms with Crippen molar-refractivity contribution < 1.29 is 46.0 Å². The van der Waals surface area contributed by atoms with Crippen molar-refractivity contribution in [2.75, 3.05) is 12.4 Å². The molecule has 4 rings (SSSR count). The summed E-state index contributed by atoms with van der Waals surface area (Å²) in [5.41, 5.74) is -0.288. The van der Waals surface area contributed by atoms with Gasteiger partial charge in [-0.25, -0.2) is 4.39 Å². The molecule has 11 heteroatoms. The zero-order valence-corrected chi connectivity index (χ0v) is 27.4. The molecular formula is C32H51FO9S. The molecule has 12 unspecified atom stereocenters. The third kappa shape index (κ3) is 7.23. The molecule has 0 aromatic rings. The van der Waals surface area contributed by atoms with Crippen LogP contribution in [0.25, 0.3) is 0 Å². The molecule has 43 heavy (non-hydrogen) atoms. The number of carbonyl (C=O) groups is 3. The molecule has 0 spiro atoms. The lowest BCUT2D eigenvalue weighted by atomic mass is 9.42. The molecule has 0 bridgehead atoms. The second-order valence-electron chi connectivity index (χ2n) is 14.7.